The van der Waals surface area contributed by atoms with Crippen LogP contribution in [0.15, 0.2) is 61.2 Å². The molecule has 0 unspecified atom stereocenters. The molecule has 4 aromatic rings. The maximum absolute atomic E-state index is 12.5. The number of H-pyrrole nitrogens is 1. The third kappa shape index (κ3) is 5.83. The first kappa shape index (κ1) is 25.5. The Labute approximate surface area is 213 Å². The third-order valence-electron chi connectivity index (χ3n) is 5.94. The van der Waals surface area contributed by atoms with E-state index in [2.05, 4.69) is 46.0 Å². The number of carbonyl (C=O) groups excluding carboxylic acids is 2. The van der Waals surface area contributed by atoms with Gasteiger partial charge < -0.3 is 16.0 Å². The van der Waals surface area contributed by atoms with Crippen LogP contribution in [0.2, 0.25) is 0 Å². The highest BCUT2D eigenvalue weighted by Gasteiger charge is 2.19. The number of nitrogen functional groups attached to an aromatic ring is 1. The fourth-order valence-electron chi connectivity index (χ4n) is 4.18. The summed E-state index contributed by atoms with van der Waals surface area (Å²) in [6, 6.07) is 10.3. The van der Waals surface area contributed by atoms with Gasteiger partial charge in [0.2, 0.25) is 5.95 Å². The van der Waals surface area contributed by atoms with Crippen LogP contribution >= 0.6 is 0 Å². The van der Waals surface area contributed by atoms with Gasteiger partial charge in [0.05, 0.1) is 11.9 Å². The van der Waals surface area contributed by atoms with Gasteiger partial charge in [0.15, 0.2) is 11.5 Å². The fourth-order valence-corrected chi connectivity index (χ4v) is 4.18. The van der Waals surface area contributed by atoms with Crippen LogP contribution in [0.25, 0.3) is 16.8 Å². The number of aromatic nitrogens is 5. The zero-order valence-corrected chi connectivity index (χ0v) is 20.7. The molecule has 37 heavy (non-hydrogen) atoms. The van der Waals surface area contributed by atoms with E-state index in [0.29, 0.717) is 23.1 Å². The molecule has 4 N–H and O–H groups in total. The molecule has 2 amide bonds. The van der Waals surface area contributed by atoms with Crippen molar-refractivity contribution >= 4 is 29.1 Å². The number of likely N-dealkylation sites (tertiary alicyclic amines) is 1. The molecule has 5 rings (SSSR count). The molecule has 1 aliphatic rings. The standard InChI is InChI=1S/C14H15FN2O2.C12H14N6/c1-10(15)13(18)16-12-6-4-11(5-7-12)14(19)17-8-2-3-9-17;1-7(2)11-9(8-5-14-15-6-8)3-4-10-16-12(13)17-18(10)11/h4-7H,1-3,8-9H2,(H,16,18);3-7H,1-2H3,(H2,13,17)(H,14,15). The summed E-state index contributed by atoms with van der Waals surface area (Å²) in [5.74, 6) is -1.33. The minimum atomic E-state index is -1.04. The van der Waals surface area contributed by atoms with Crippen LogP contribution in [0.5, 0.6) is 0 Å². The Morgan fingerprint density at radius 3 is 2.43 bits per heavy atom. The Morgan fingerprint density at radius 1 is 1.14 bits per heavy atom. The van der Waals surface area contributed by atoms with Crippen LogP contribution in [0, 0.1) is 0 Å². The molecule has 0 radical (unpaired) electrons. The van der Waals surface area contributed by atoms with Crippen molar-refractivity contribution in [3.05, 3.63) is 72.5 Å². The zero-order valence-electron chi connectivity index (χ0n) is 20.7. The van der Waals surface area contributed by atoms with Crippen molar-refractivity contribution in [3.8, 4) is 11.1 Å². The van der Waals surface area contributed by atoms with E-state index >= 15 is 0 Å². The van der Waals surface area contributed by atoms with Gasteiger partial charge in [-0.15, -0.1) is 5.10 Å². The molecular formula is C26H29FN8O2. The zero-order chi connectivity index (χ0) is 26.5. The number of halogens is 1. The van der Waals surface area contributed by atoms with Crippen molar-refractivity contribution < 1.29 is 14.0 Å². The number of carbonyl (C=O) groups is 2. The first-order valence-corrected chi connectivity index (χ1v) is 11.9. The Balaban J connectivity index is 0.000000173. The summed E-state index contributed by atoms with van der Waals surface area (Å²) in [4.78, 5) is 29.1. The lowest BCUT2D eigenvalue weighted by atomic mass is 10.00. The highest BCUT2D eigenvalue weighted by atomic mass is 19.1. The number of hydrogen-bond acceptors (Lipinski definition) is 6. The summed E-state index contributed by atoms with van der Waals surface area (Å²) >= 11 is 0. The molecule has 0 spiro atoms. The van der Waals surface area contributed by atoms with Crippen molar-refractivity contribution in [2.75, 3.05) is 24.1 Å². The van der Waals surface area contributed by atoms with E-state index < -0.39 is 11.7 Å². The molecule has 0 aliphatic carbocycles. The van der Waals surface area contributed by atoms with Gasteiger partial charge in [-0.25, -0.2) is 8.91 Å². The van der Waals surface area contributed by atoms with Gasteiger partial charge in [0.25, 0.3) is 11.8 Å². The average Bonchev–Trinajstić information content (AvgIpc) is 3.65. The SMILES string of the molecule is C=C(F)C(=O)Nc1ccc(C(=O)N2CCCC2)cc1.CC(C)c1c(-c2cn[nH]c2)ccc2nc(N)nn12. The Bertz CT molecular complexity index is 1400. The number of aromatic amines is 1. The van der Waals surface area contributed by atoms with E-state index in [9.17, 15) is 14.0 Å². The monoisotopic (exact) mass is 504 g/mol. The molecule has 1 saturated heterocycles. The van der Waals surface area contributed by atoms with Gasteiger partial charge in [-0.1, -0.05) is 20.4 Å². The number of fused-ring (bicyclic) bond motifs is 1. The van der Waals surface area contributed by atoms with Gasteiger partial charge in [-0.3, -0.25) is 14.7 Å². The van der Waals surface area contributed by atoms with Crippen LogP contribution in [-0.4, -0.2) is 54.6 Å². The Morgan fingerprint density at radius 2 is 1.84 bits per heavy atom. The van der Waals surface area contributed by atoms with Crippen LogP contribution in [0.4, 0.5) is 16.0 Å². The Kier molecular flexibility index (Phi) is 7.61. The summed E-state index contributed by atoms with van der Waals surface area (Å²) in [5, 5.41) is 13.4. The van der Waals surface area contributed by atoms with E-state index in [0.717, 1.165) is 48.4 Å². The first-order chi connectivity index (χ1) is 17.7. The van der Waals surface area contributed by atoms with E-state index in [4.69, 9.17) is 5.73 Å². The second kappa shape index (κ2) is 11.0. The number of nitrogens with zero attached hydrogens (tertiary/aromatic N) is 5. The molecule has 3 aromatic heterocycles. The molecule has 11 heteroatoms. The maximum Gasteiger partial charge on any atom is 0.283 e. The smallest absolute Gasteiger partial charge is 0.283 e. The molecule has 4 heterocycles. The normalized spacial score (nSPS) is 12.9. The number of pyridine rings is 1. The van der Waals surface area contributed by atoms with Crippen molar-refractivity contribution in [1.82, 2.24) is 29.7 Å². The number of amides is 2. The second-order valence-corrected chi connectivity index (χ2v) is 8.95. The van der Waals surface area contributed by atoms with Gasteiger partial charge in [0, 0.05) is 41.7 Å². The van der Waals surface area contributed by atoms with Crippen LogP contribution in [0.3, 0.4) is 0 Å². The number of hydrogen-bond donors (Lipinski definition) is 3. The quantitative estimate of drug-likeness (QED) is 0.349. The van der Waals surface area contributed by atoms with Gasteiger partial charge >= 0.3 is 0 Å². The van der Waals surface area contributed by atoms with Crippen molar-refractivity contribution in [2.45, 2.75) is 32.6 Å². The number of nitrogens with one attached hydrogen (secondary N) is 2. The maximum atomic E-state index is 12.5. The third-order valence-corrected chi connectivity index (χ3v) is 5.94. The van der Waals surface area contributed by atoms with Crippen LogP contribution < -0.4 is 11.1 Å². The summed E-state index contributed by atoms with van der Waals surface area (Å²) in [6.07, 6.45) is 5.75. The van der Waals surface area contributed by atoms with Gasteiger partial charge in [-0.05, 0) is 55.2 Å². The summed E-state index contributed by atoms with van der Waals surface area (Å²) in [5.41, 5.74) is 10.6. The van der Waals surface area contributed by atoms with Crippen molar-refractivity contribution in [3.63, 3.8) is 0 Å². The van der Waals surface area contributed by atoms with E-state index in [1.807, 2.05) is 22.8 Å². The second-order valence-electron chi connectivity index (χ2n) is 8.95. The van der Waals surface area contributed by atoms with Gasteiger partial charge in [-0.2, -0.15) is 10.1 Å². The highest BCUT2D eigenvalue weighted by molar-refractivity contribution is 6.02. The Hall–Kier alpha value is -4.54. The average molecular weight is 505 g/mol. The molecule has 0 saturated carbocycles. The molecule has 1 aromatic carbocycles. The fraction of sp³-hybridized carbons (Fsp3) is 0.269. The predicted octanol–water partition coefficient (Wildman–Crippen LogP) is 4.17. The lowest BCUT2D eigenvalue weighted by Gasteiger charge is -2.15. The molecule has 1 fully saturated rings. The first-order valence-electron chi connectivity index (χ1n) is 11.9. The summed E-state index contributed by atoms with van der Waals surface area (Å²) in [6.45, 7) is 8.73. The van der Waals surface area contributed by atoms with Crippen LogP contribution in [-0.2, 0) is 4.79 Å². The minimum absolute atomic E-state index is 0.00900. The number of benzene rings is 1. The summed E-state index contributed by atoms with van der Waals surface area (Å²) in [7, 11) is 0. The molecule has 0 atom stereocenters. The molecule has 192 valence electrons. The lowest BCUT2D eigenvalue weighted by molar-refractivity contribution is -0.114. The largest absolute Gasteiger partial charge is 0.366 e. The molecule has 1 aliphatic heterocycles. The van der Waals surface area contributed by atoms with Crippen molar-refractivity contribution in [2.24, 2.45) is 0 Å². The minimum Gasteiger partial charge on any atom is -0.366 e. The number of anilines is 2. The number of nitrogens with two attached hydrogens (primary N) is 1. The van der Waals surface area contributed by atoms with Crippen LogP contribution in [0.1, 0.15) is 48.7 Å². The van der Waals surface area contributed by atoms with E-state index in [1.54, 1.807) is 35.4 Å². The predicted molar refractivity (Wildman–Crippen MR) is 140 cm³/mol. The molecule has 10 nitrogen and oxygen atoms in total. The van der Waals surface area contributed by atoms with E-state index in [1.165, 1.54) is 0 Å². The molecular weight excluding hydrogens is 475 g/mol. The van der Waals surface area contributed by atoms with Gasteiger partial charge in [0.1, 0.15) is 0 Å². The highest BCUT2D eigenvalue weighted by Crippen LogP contribution is 2.29. The number of rotatable bonds is 5. The molecule has 0 bridgehead atoms. The lowest BCUT2D eigenvalue weighted by Crippen LogP contribution is -2.27. The topological polar surface area (TPSA) is 134 Å². The summed E-state index contributed by atoms with van der Waals surface area (Å²) < 4.78 is 14.3. The van der Waals surface area contributed by atoms with Crippen molar-refractivity contribution in [1.29, 1.82) is 0 Å². The van der Waals surface area contributed by atoms with E-state index in [-0.39, 0.29) is 5.91 Å².